The zero-order valence-electron chi connectivity index (χ0n) is 9.43. The molecule has 0 amide bonds. The molecule has 1 heterocycles. The fourth-order valence-corrected chi connectivity index (χ4v) is 6.38. The highest BCUT2D eigenvalue weighted by Gasteiger charge is 2.21. The summed E-state index contributed by atoms with van der Waals surface area (Å²) in [5, 5.41) is 9.20. The normalized spacial score (nSPS) is 11.5. The van der Waals surface area contributed by atoms with Crippen molar-refractivity contribution in [1.82, 2.24) is 0 Å². The molecule has 2 aromatic rings. The standard InChI is InChI=1S/C11H9Br2NO3S2/c12-10-5-9(11(13)18-10)19(16,17)14-8-4-2-1-3-7(8)6-15/h1-5,14-15H,6H2. The summed E-state index contributed by atoms with van der Waals surface area (Å²) < 4.78 is 28.2. The SMILES string of the molecule is O=S(=O)(Nc1ccccc1CO)c1cc(Br)sc1Br. The zero-order chi connectivity index (χ0) is 14.0. The maximum atomic E-state index is 12.3. The van der Waals surface area contributed by atoms with Crippen LogP contribution in [0.5, 0.6) is 0 Å². The van der Waals surface area contributed by atoms with Crippen LogP contribution in [0.4, 0.5) is 5.69 Å². The fraction of sp³-hybridized carbons (Fsp3) is 0.0909. The van der Waals surface area contributed by atoms with Gasteiger partial charge in [0.05, 0.1) is 19.9 Å². The Balaban J connectivity index is 2.39. The highest BCUT2D eigenvalue weighted by atomic mass is 79.9. The van der Waals surface area contributed by atoms with Gasteiger partial charge in [0.15, 0.2) is 0 Å². The molecule has 19 heavy (non-hydrogen) atoms. The van der Waals surface area contributed by atoms with Gasteiger partial charge in [0.2, 0.25) is 0 Å². The second-order valence-corrected chi connectivity index (χ2v) is 9.01. The van der Waals surface area contributed by atoms with Crippen molar-refractivity contribution in [1.29, 1.82) is 0 Å². The molecule has 0 unspecified atom stereocenters. The molecule has 102 valence electrons. The summed E-state index contributed by atoms with van der Waals surface area (Å²) in [4.78, 5) is 0.164. The van der Waals surface area contributed by atoms with Crippen LogP contribution in [0.3, 0.4) is 0 Å². The number of para-hydroxylation sites is 1. The molecule has 4 nitrogen and oxygen atoms in total. The van der Waals surface area contributed by atoms with Gasteiger partial charge < -0.3 is 5.11 Å². The van der Waals surface area contributed by atoms with Crippen molar-refractivity contribution in [3.63, 3.8) is 0 Å². The van der Waals surface area contributed by atoms with Gasteiger partial charge in [0.1, 0.15) is 4.90 Å². The molecule has 0 bridgehead atoms. The summed E-state index contributed by atoms with van der Waals surface area (Å²) in [6.45, 7) is -0.229. The third kappa shape index (κ3) is 3.38. The monoisotopic (exact) mass is 425 g/mol. The second kappa shape index (κ2) is 5.92. The molecule has 0 saturated heterocycles. The molecular formula is C11H9Br2NO3S2. The predicted octanol–water partition coefficient (Wildman–Crippen LogP) is 3.57. The first kappa shape index (κ1) is 15.0. The quantitative estimate of drug-likeness (QED) is 0.785. The molecule has 0 saturated carbocycles. The van der Waals surface area contributed by atoms with Gasteiger partial charge in [-0.2, -0.15) is 0 Å². The Bertz CT molecular complexity index is 698. The van der Waals surface area contributed by atoms with Crippen molar-refractivity contribution < 1.29 is 13.5 Å². The van der Waals surface area contributed by atoms with E-state index in [0.717, 1.165) is 3.79 Å². The van der Waals surface area contributed by atoms with E-state index in [1.54, 1.807) is 24.3 Å². The highest BCUT2D eigenvalue weighted by Crippen LogP contribution is 2.35. The third-order valence-corrected chi connectivity index (χ3v) is 6.47. The molecule has 2 rings (SSSR count). The van der Waals surface area contributed by atoms with Crippen molar-refractivity contribution in [3.8, 4) is 0 Å². The van der Waals surface area contributed by atoms with Crippen LogP contribution in [0, 0.1) is 0 Å². The van der Waals surface area contributed by atoms with Crippen LogP contribution in [-0.4, -0.2) is 13.5 Å². The van der Waals surface area contributed by atoms with Gasteiger partial charge in [0.25, 0.3) is 10.0 Å². The molecule has 1 aromatic heterocycles. The van der Waals surface area contributed by atoms with E-state index in [1.807, 2.05) is 0 Å². The van der Waals surface area contributed by atoms with E-state index in [4.69, 9.17) is 0 Å². The van der Waals surface area contributed by atoms with E-state index >= 15 is 0 Å². The van der Waals surface area contributed by atoms with E-state index in [1.165, 1.54) is 17.4 Å². The minimum absolute atomic E-state index is 0.164. The summed E-state index contributed by atoms with van der Waals surface area (Å²) in [7, 11) is -3.68. The molecule has 0 atom stereocenters. The fourth-order valence-electron chi connectivity index (χ4n) is 1.47. The van der Waals surface area contributed by atoms with Crippen molar-refractivity contribution in [2.75, 3.05) is 4.72 Å². The first-order valence-electron chi connectivity index (χ1n) is 5.10. The first-order chi connectivity index (χ1) is 8.94. The topological polar surface area (TPSA) is 66.4 Å². The van der Waals surface area contributed by atoms with Crippen LogP contribution in [0.2, 0.25) is 0 Å². The maximum Gasteiger partial charge on any atom is 0.263 e. The number of hydrogen-bond acceptors (Lipinski definition) is 4. The van der Waals surface area contributed by atoms with Gasteiger partial charge in [-0.1, -0.05) is 18.2 Å². The molecule has 0 aliphatic rings. The Labute approximate surface area is 131 Å². The number of sulfonamides is 1. The van der Waals surface area contributed by atoms with Gasteiger partial charge in [0, 0.05) is 5.56 Å². The first-order valence-corrected chi connectivity index (χ1v) is 8.99. The van der Waals surface area contributed by atoms with E-state index in [0.29, 0.717) is 15.0 Å². The van der Waals surface area contributed by atoms with Crippen LogP contribution in [-0.2, 0) is 16.6 Å². The van der Waals surface area contributed by atoms with E-state index < -0.39 is 10.0 Å². The number of aliphatic hydroxyl groups is 1. The lowest BCUT2D eigenvalue weighted by molar-refractivity contribution is 0.282. The lowest BCUT2D eigenvalue weighted by atomic mass is 10.2. The maximum absolute atomic E-state index is 12.3. The minimum Gasteiger partial charge on any atom is -0.392 e. The van der Waals surface area contributed by atoms with E-state index in [-0.39, 0.29) is 11.5 Å². The van der Waals surface area contributed by atoms with Gasteiger partial charge >= 0.3 is 0 Å². The number of thiophene rings is 1. The van der Waals surface area contributed by atoms with E-state index in [9.17, 15) is 13.5 Å². The predicted molar refractivity (Wildman–Crippen MR) is 82.9 cm³/mol. The van der Waals surface area contributed by atoms with Crippen LogP contribution in [0.15, 0.2) is 42.8 Å². The van der Waals surface area contributed by atoms with Gasteiger partial charge in [-0.05, 0) is 44.0 Å². The van der Waals surface area contributed by atoms with Crippen molar-refractivity contribution in [2.45, 2.75) is 11.5 Å². The average molecular weight is 427 g/mol. The Morgan fingerprint density at radius 1 is 1.26 bits per heavy atom. The number of aliphatic hydroxyl groups excluding tert-OH is 1. The molecule has 0 aliphatic carbocycles. The van der Waals surface area contributed by atoms with Gasteiger partial charge in [-0.25, -0.2) is 8.42 Å². The van der Waals surface area contributed by atoms with Crippen LogP contribution >= 0.6 is 43.2 Å². The molecule has 0 aliphatic heterocycles. The summed E-state index contributed by atoms with van der Waals surface area (Å²) in [5.74, 6) is 0. The molecule has 1 aromatic carbocycles. The summed E-state index contributed by atoms with van der Waals surface area (Å²) >= 11 is 7.75. The highest BCUT2D eigenvalue weighted by molar-refractivity contribution is 9.12. The van der Waals surface area contributed by atoms with Crippen molar-refractivity contribution in [2.24, 2.45) is 0 Å². The number of halogens is 2. The second-order valence-electron chi connectivity index (χ2n) is 3.61. The lowest BCUT2D eigenvalue weighted by Gasteiger charge is -2.10. The van der Waals surface area contributed by atoms with Gasteiger partial charge in [-0.15, -0.1) is 11.3 Å². The van der Waals surface area contributed by atoms with E-state index in [2.05, 4.69) is 36.6 Å². The number of anilines is 1. The minimum atomic E-state index is -3.68. The van der Waals surface area contributed by atoms with Gasteiger partial charge in [-0.3, -0.25) is 4.72 Å². The Kier molecular flexibility index (Phi) is 4.67. The molecule has 2 N–H and O–H groups in total. The number of rotatable bonds is 4. The number of nitrogens with one attached hydrogen (secondary N) is 1. The summed E-state index contributed by atoms with van der Waals surface area (Å²) in [6, 6.07) is 8.24. The molecule has 0 fully saturated rings. The Hall–Kier alpha value is -0.410. The molecule has 0 radical (unpaired) electrons. The van der Waals surface area contributed by atoms with Crippen LogP contribution < -0.4 is 4.72 Å². The molecular weight excluding hydrogens is 418 g/mol. The summed E-state index contributed by atoms with van der Waals surface area (Å²) in [5.41, 5.74) is 0.899. The van der Waals surface area contributed by atoms with Crippen molar-refractivity contribution >= 4 is 58.9 Å². The number of benzene rings is 1. The largest absolute Gasteiger partial charge is 0.392 e. The average Bonchev–Trinajstić information content (AvgIpc) is 2.69. The smallest absolute Gasteiger partial charge is 0.263 e. The Morgan fingerprint density at radius 3 is 2.53 bits per heavy atom. The molecule has 8 heteroatoms. The Morgan fingerprint density at radius 2 is 1.95 bits per heavy atom. The molecule has 0 spiro atoms. The third-order valence-electron chi connectivity index (χ3n) is 2.35. The van der Waals surface area contributed by atoms with Crippen molar-refractivity contribution in [3.05, 3.63) is 43.5 Å². The zero-order valence-corrected chi connectivity index (χ0v) is 14.2. The lowest BCUT2D eigenvalue weighted by Crippen LogP contribution is -2.14. The van der Waals surface area contributed by atoms with Crippen LogP contribution in [0.1, 0.15) is 5.56 Å². The summed E-state index contributed by atoms with van der Waals surface area (Å²) in [6.07, 6.45) is 0. The number of hydrogen-bond donors (Lipinski definition) is 2. The van der Waals surface area contributed by atoms with Crippen LogP contribution in [0.25, 0.3) is 0 Å².